The highest BCUT2D eigenvalue weighted by atomic mass is 19.4. The maximum atomic E-state index is 13.1. The molecule has 0 aliphatic heterocycles. The number of rotatable bonds is 2. The second-order valence-electron chi connectivity index (χ2n) is 3.13. The summed E-state index contributed by atoms with van der Waals surface area (Å²) in [5.74, 6) is -19.2. The number of alkyl halides is 8. The Morgan fingerprint density at radius 3 is 1.71 bits per heavy atom. The van der Waals surface area contributed by atoms with Crippen LogP contribution in [0.15, 0.2) is 11.4 Å². The normalized spacial score (nSPS) is 29.3. The van der Waals surface area contributed by atoms with E-state index in [0.29, 0.717) is 0 Å². The summed E-state index contributed by atoms with van der Waals surface area (Å²) in [5.41, 5.74) is -3.05. The molecule has 1 rings (SSSR count). The van der Waals surface area contributed by atoms with Crippen LogP contribution in [-0.2, 0) is 4.74 Å². The third-order valence-corrected chi connectivity index (χ3v) is 2.17. The van der Waals surface area contributed by atoms with Gasteiger partial charge in [-0.05, 0) is 0 Å². The van der Waals surface area contributed by atoms with E-state index in [1.165, 1.54) is 0 Å². The molecular formula is C7H3F9O. The Labute approximate surface area is 87.8 Å². The minimum Gasteiger partial charge on any atom is -0.341 e. The fourth-order valence-electron chi connectivity index (χ4n) is 1.25. The highest BCUT2D eigenvalue weighted by molar-refractivity contribution is 5.45. The monoisotopic (exact) mass is 274 g/mol. The number of methoxy groups -OCH3 is 1. The van der Waals surface area contributed by atoms with Crippen LogP contribution >= 0.6 is 0 Å². The Hall–Kier alpha value is -0.930. The van der Waals surface area contributed by atoms with Gasteiger partial charge >= 0.3 is 23.9 Å². The van der Waals surface area contributed by atoms with Crippen LogP contribution in [0, 0.1) is 0 Å². The predicted octanol–water partition coefficient (Wildman–Crippen LogP) is 3.37. The molecule has 0 amide bonds. The van der Waals surface area contributed by atoms with E-state index in [0.717, 1.165) is 0 Å². The summed E-state index contributed by atoms with van der Waals surface area (Å²) >= 11 is 0. The van der Waals surface area contributed by atoms with Gasteiger partial charge in [-0.15, -0.1) is 0 Å². The van der Waals surface area contributed by atoms with Gasteiger partial charge in [-0.2, -0.15) is 35.1 Å². The van der Waals surface area contributed by atoms with Crippen LogP contribution < -0.4 is 0 Å². The van der Waals surface area contributed by atoms with Crippen LogP contribution in [0.4, 0.5) is 39.5 Å². The number of halogens is 9. The summed E-state index contributed by atoms with van der Waals surface area (Å²) in [5, 5.41) is 0. The molecular weight excluding hydrogens is 271 g/mol. The molecule has 10 heteroatoms. The van der Waals surface area contributed by atoms with Gasteiger partial charge in [0.1, 0.15) is 5.57 Å². The van der Waals surface area contributed by atoms with Crippen molar-refractivity contribution in [3.8, 4) is 0 Å². The molecule has 0 saturated heterocycles. The van der Waals surface area contributed by atoms with Gasteiger partial charge in [-0.3, -0.25) is 0 Å². The Morgan fingerprint density at radius 1 is 1.00 bits per heavy atom. The smallest absolute Gasteiger partial charge is 0.341 e. The minimum atomic E-state index is -6.41. The fraction of sp³-hybridized carbons (Fsp3) is 0.714. The first-order chi connectivity index (χ1) is 7.34. The van der Waals surface area contributed by atoms with Crippen molar-refractivity contribution in [2.24, 2.45) is 0 Å². The molecule has 0 aromatic rings. The van der Waals surface area contributed by atoms with Crippen molar-refractivity contribution in [1.29, 1.82) is 0 Å². The van der Waals surface area contributed by atoms with Crippen molar-refractivity contribution in [3.63, 3.8) is 0 Å². The molecule has 1 nitrogen and oxygen atoms in total. The summed E-state index contributed by atoms with van der Waals surface area (Å²) in [7, 11) is 0.118. The van der Waals surface area contributed by atoms with Gasteiger partial charge in [-0.25, -0.2) is 4.39 Å². The minimum absolute atomic E-state index is 0.118. The molecule has 17 heavy (non-hydrogen) atoms. The van der Waals surface area contributed by atoms with Crippen LogP contribution in [0.25, 0.3) is 0 Å². The van der Waals surface area contributed by atoms with Crippen molar-refractivity contribution in [2.75, 3.05) is 7.11 Å². The molecule has 1 aliphatic carbocycles. The third-order valence-electron chi connectivity index (χ3n) is 2.17. The quantitative estimate of drug-likeness (QED) is 0.701. The topological polar surface area (TPSA) is 9.23 Å². The van der Waals surface area contributed by atoms with Crippen molar-refractivity contribution in [1.82, 2.24) is 0 Å². The molecule has 0 N–H and O–H groups in total. The van der Waals surface area contributed by atoms with E-state index in [2.05, 4.69) is 4.74 Å². The maximum absolute atomic E-state index is 13.1. The second-order valence-corrected chi connectivity index (χ2v) is 3.13. The SMILES string of the molecule is COC1(F)C(C(F)(F)C(F)(F)F)=C(F)C1(F)F. The van der Waals surface area contributed by atoms with Crippen LogP contribution in [0.2, 0.25) is 0 Å². The predicted molar refractivity (Wildman–Crippen MR) is 34.9 cm³/mol. The lowest BCUT2D eigenvalue weighted by atomic mass is 9.81. The van der Waals surface area contributed by atoms with Gasteiger partial charge in [0.2, 0.25) is 0 Å². The molecule has 0 aromatic carbocycles. The zero-order valence-electron chi connectivity index (χ0n) is 7.81. The fourth-order valence-corrected chi connectivity index (χ4v) is 1.25. The number of hydrogen-bond acceptors (Lipinski definition) is 1. The Kier molecular flexibility index (Phi) is 2.74. The van der Waals surface area contributed by atoms with Gasteiger partial charge in [0, 0.05) is 7.11 Å². The molecule has 1 aliphatic rings. The van der Waals surface area contributed by atoms with E-state index >= 15 is 0 Å². The lowest BCUT2D eigenvalue weighted by Gasteiger charge is -2.44. The van der Waals surface area contributed by atoms with Crippen molar-refractivity contribution in [2.45, 2.75) is 23.9 Å². The third kappa shape index (κ3) is 1.45. The first-order valence-corrected chi connectivity index (χ1v) is 3.81. The maximum Gasteiger partial charge on any atom is 0.458 e. The molecule has 1 atom stereocenters. The lowest BCUT2D eigenvalue weighted by molar-refractivity contribution is -0.321. The molecule has 0 heterocycles. The largest absolute Gasteiger partial charge is 0.458 e. The summed E-state index contributed by atoms with van der Waals surface area (Å²) in [6, 6.07) is 0. The Morgan fingerprint density at radius 2 is 1.41 bits per heavy atom. The van der Waals surface area contributed by atoms with Gasteiger partial charge in [0.05, 0.1) is 0 Å². The molecule has 0 radical (unpaired) electrons. The first kappa shape index (κ1) is 14.1. The van der Waals surface area contributed by atoms with Gasteiger partial charge < -0.3 is 4.74 Å². The van der Waals surface area contributed by atoms with E-state index in [1.54, 1.807) is 0 Å². The lowest BCUT2D eigenvalue weighted by Crippen LogP contribution is -2.63. The molecule has 0 spiro atoms. The first-order valence-electron chi connectivity index (χ1n) is 3.81. The molecule has 0 saturated carbocycles. The van der Waals surface area contributed by atoms with Crippen LogP contribution in [-0.4, -0.2) is 31.0 Å². The second kappa shape index (κ2) is 3.30. The molecule has 0 fully saturated rings. The van der Waals surface area contributed by atoms with Crippen molar-refractivity contribution in [3.05, 3.63) is 11.4 Å². The van der Waals surface area contributed by atoms with E-state index < -0.39 is 35.3 Å². The molecule has 100 valence electrons. The van der Waals surface area contributed by atoms with E-state index in [9.17, 15) is 39.5 Å². The van der Waals surface area contributed by atoms with E-state index in [-0.39, 0.29) is 7.11 Å². The van der Waals surface area contributed by atoms with Crippen LogP contribution in [0.1, 0.15) is 0 Å². The molecule has 0 aromatic heterocycles. The molecule has 0 bridgehead atoms. The van der Waals surface area contributed by atoms with Gasteiger partial charge in [0.25, 0.3) is 0 Å². The summed E-state index contributed by atoms with van der Waals surface area (Å²) in [6.07, 6.45) is -6.41. The Balaban J connectivity index is 3.39. The standard InChI is InChI=1S/C7H3F9O/c1-17-6(13)2(3(8)5(6,11)12)4(9,10)7(14,15)16/h1H3. The number of hydrogen-bond donors (Lipinski definition) is 0. The van der Waals surface area contributed by atoms with Crippen LogP contribution in [0.3, 0.4) is 0 Å². The van der Waals surface area contributed by atoms with Crippen LogP contribution in [0.5, 0.6) is 0 Å². The van der Waals surface area contributed by atoms with E-state index in [1.807, 2.05) is 0 Å². The zero-order valence-corrected chi connectivity index (χ0v) is 7.81. The van der Waals surface area contributed by atoms with Gasteiger partial charge in [0.15, 0.2) is 5.83 Å². The van der Waals surface area contributed by atoms with Crippen molar-refractivity contribution >= 4 is 0 Å². The zero-order chi connectivity index (χ0) is 13.9. The Bertz CT molecular complexity index is 368. The average Bonchev–Trinajstić information content (AvgIpc) is 2.15. The summed E-state index contributed by atoms with van der Waals surface area (Å²) in [4.78, 5) is 0. The van der Waals surface area contributed by atoms with Crippen molar-refractivity contribution < 1.29 is 44.3 Å². The number of ether oxygens (including phenoxy) is 1. The average molecular weight is 274 g/mol. The molecule has 1 unspecified atom stereocenters. The summed E-state index contributed by atoms with van der Waals surface area (Å²) < 4.78 is 114. The summed E-state index contributed by atoms with van der Waals surface area (Å²) in [6.45, 7) is 0. The highest BCUT2D eigenvalue weighted by Crippen LogP contribution is 2.62. The van der Waals surface area contributed by atoms with Gasteiger partial charge in [-0.1, -0.05) is 0 Å². The van der Waals surface area contributed by atoms with E-state index in [4.69, 9.17) is 0 Å². The highest BCUT2D eigenvalue weighted by Gasteiger charge is 2.82.